The van der Waals surface area contributed by atoms with Crippen molar-refractivity contribution in [3.05, 3.63) is 22.7 Å². The number of methoxy groups -OCH3 is 1. The predicted octanol–water partition coefficient (Wildman–Crippen LogP) is 2.30. The molecule has 22 heavy (non-hydrogen) atoms. The van der Waals surface area contributed by atoms with Gasteiger partial charge in [-0.2, -0.15) is 0 Å². The van der Waals surface area contributed by atoms with Gasteiger partial charge in [-0.05, 0) is 43.9 Å². The van der Waals surface area contributed by atoms with Gasteiger partial charge in [0.25, 0.3) is 0 Å². The Kier molecular flexibility index (Phi) is 6.06. The monoisotopic (exact) mass is 326 g/mol. The molecule has 1 aliphatic heterocycles. The third-order valence-corrected chi connectivity index (χ3v) is 4.39. The van der Waals surface area contributed by atoms with Crippen LogP contribution in [0.15, 0.2) is 12.1 Å². The number of nitrogens with one attached hydrogen (secondary N) is 1. The van der Waals surface area contributed by atoms with Crippen molar-refractivity contribution in [3.8, 4) is 5.75 Å². The number of hydrogen-bond acceptors (Lipinski definition) is 4. The summed E-state index contributed by atoms with van der Waals surface area (Å²) < 4.78 is 5.26. The third-order valence-electron chi connectivity index (χ3n) is 3.98. The number of carbonyl (C=O) groups excluding carboxylic acids is 1. The highest BCUT2D eigenvalue weighted by atomic mass is 35.5. The van der Waals surface area contributed by atoms with Crippen LogP contribution in [0, 0.1) is 12.8 Å². The van der Waals surface area contributed by atoms with Gasteiger partial charge in [0.2, 0.25) is 5.91 Å². The van der Waals surface area contributed by atoms with Crippen LogP contribution in [0.4, 0.5) is 5.69 Å². The molecular formula is C16H23ClN2O3. The first-order chi connectivity index (χ1) is 10.5. The SMILES string of the molecule is COc1cc(Cl)c(C)cc1NC(=O)CN1CCCC(CO)C1. The molecule has 1 aromatic carbocycles. The second kappa shape index (κ2) is 7.81. The number of ether oxygens (including phenoxy) is 1. The average Bonchev–Trinajstić information content (AvgIpc) is 2.50. The van der Waals surface area contributed by atoms with E-state index in [0.29, 0.717) is 23.0 Å². The molecule has 2 rings (SSSR count). The minimum absolute atomic E-state index is 0.0846. The van der Waals surface area contributed by atoms with Crippen LogP contribution in [0.1, 0.15) is 18.4 Å². The fourth-order valence-electron chi connectivity index (χ4n) is 2.77. The van der Waals surface area contributed by atoms with Crippen LogP contribution in [0.5, 0.6) is 5.75 Å². The van der Waals surface area contributed by atoms with Crippen molar-refractivity contribution in [1.82, 2.24) is 4.90 Å². The maximum Gasteiger partial charge on any atom is 0.238 e. The number of aliphatic hydroxyl groups excluding tert-OH is 1. The molecule has 1 heterocycles. The number of aryl methyl sites for hydroxylation is 1. The molecule has 1 unspecified atom stereocenters. The first-order valence-electron chi connectivity index (χ1n) is 7.50. The number of aliphatic hydroxyl groups is 1. The van der Waals surface area contributed by atoms with Gasteiger partial charge >= 0.3 is 0 Å². The topological polar surface area (TPSA) is 61.8 Å². The summed E-state index contributed by atoms with van der Waals surface area (Å²) in [7, 11) is 1.55. The van der Waals surface area contributed by atoms with Crippen LogP contribution < -0.4 is 10.1 Å². The molecule has 1 fully saturated rings. The summed E-state index contributed by atoms with van der Waals surface area (Å²) in [6.45, 7) is 4.04. The number of likely N-dealkylation sites (tertiary alicyclic amines) is 1. The summed E-state index contributed by atoms with van der Waals surface area (Å²) in [6.07, 6.45) is 2.04. The highest BCUT2D eigenvalue weighted by Gasteiger charge is 2.21. The van der Waals surface area contributed by atoms with E-state index in [0.717, 1.165) is 31.5 Å². The van der Waals surface area contributed by atoms with E-state index in [4.69, 9.17) is 16.3 Å². The Morgan fingerprint density at radius 2 is 2.32 bits per heavy atom. The van der Waals surface area contributed by atoms with E-state index in [2.05, 4.69) is 10.2 Å². The first-order valence-corrected chi connectivity index (χ1v) is 7.88. The molecule has 0 spiro atoms. The van der Waals surface area contributed by atoms with Crippen LogP contribution in [0.2, 0.25) is 5.02 Å². The number of rotatable bonds is 5. The Bertz CT molecular complexity index is 536. The second-order valence-electron chi connectivity index (χ2n) is 5.78. The molecule has 2 N–H and O–H groups in total. The van der Waals surface area contributed by atoms with Gasteiger partial charge in [-0.3, -0.25) is 9.69 Å². The fraction of sp³-hybridized carbons (Fsp3) is 0.562. The van der Waals surface area contributed by atoms with Gasteiger partial charge in [0.15, 0.2) is 0 Å². The van der Waals surface area contributed by atoms with Gasteiger partial charge in [0.1, 0.15) is 5.75 Å². The van der Waals surface area contributed by atoms with Crippen LogP contribution in [-0.4, -0.2) is 49.3 Å². The fourth-order valence-corrected chi connectivity index (χ4v) is 2.92. The van der Waals surface area contributed by atoms with E-state index in [-0.39, 0.29) is 18.4 Å². The van der Waals surface area contributed by atoms with Crippen LogP contribution in [0.25, 0.3) is 0 Å². The lowest BCUT2D eigenvalue weighted by molar-refractivity contribution is -0.117. The van der Waals surface area contributed by atoms with Crippen molar-refractivity contribution in [2.24, 2.45) is 5.92 Å². The Labute approximate surface area is 136 Å². The van der Waals surface area contributed by atoms with E-state index in [1.165, 1.54) is 0 Å². The van der Waals surface area contributed by atoms with Gasteiger partial charge in [-0.25, -0.2) is 0 Å². The minimum Gasteiger partial charge on any atom is -0.495 e. The maximum absolute atomic E-state index is 12.2. The van der Waals surface area contributed by atoms with Gasteiger partial charge in [0, 0.05) is 24.2 Å². The molecule has 0 aliphatic carbocycles. The molecule has 0 radical (unpaired) electrons. The summed E-state index contributed by atoms with van der Waals surface area (Å²) in [4.78, 5) is 14.3. The van der Waals surface area contributed by atoms with E-state index in [1.54, 1.807) is 13.2 Å². The molecule has 1 aliphatic rings. The smallest absolute Gasteiger partial charge is 0.238 e. The Hall–Kier alpha value is -1.30. The third kappa shape index (κ3) is 4.35. The maximum atomic E-state index is 12.2. The largest absolute Gasteiger partial charge is 0.495 e. The Balaban J connectivity index is 1.98. The summed E-state index contributed by atoms with van der Waals surface area (Å²) in [5.74, 6) is 0.739. The van der Waals surface area contributed by atoms with E-state index in [1.807, 2.05) is 13.0 Å². The quantitative estimate of drug-likeness (QED) is 0.871. The van der Waals surface area contributed by atoms with Crippen molar-refractivity contribution in [2.75, 3.05) is 38.7 Å². The Morgan fingerprint density at radius 1 is 1.55 bits per heavy atom. The van der Waals surface area contributed by atoms with Gasteiger partial charge in [-0.15, -0.1) is 0 Å². The molecule has 1 saturated heterocycles. The van der Waals surface area contributed by atoms with Gasteiger partial charge in [-0.1, -0.05) is 11.6 Å². The average molecular weight is 327 g/mol. The van der Waals surface area contributed by atoms with Crippen molar-refractivity contribution >= 4 is 23.2 Å². The first kappa shape index (κ1) is 17.1. The lowest BCUT2D eigenvalue weighted by atomic mass is 9.99. The molecule has 0 aromatic heterocycles. The highest BCUT2D eigenvalue weighted by molar-refractivity contribution is 6.31. The summed E-state index contributed by atoms with van der Waals surface area (Å²) in [5.41, 5.74) is 1.52. The van der Waals surface area contributed by atoms with Crippen molar-refractivity contribution in [2.45, 2.75) is 19.8 Å². The van der Waals surface area contributed by atoms with Crippen molar-refractivity contribution in [1.29, 1.82) is 0 Å². The zero-order chi connectivity index (χ0) is 16.1. The second-order valence-corrected chi connectivity index (χ2v) is 6.18. The van der Waals surface area contributed by atoms with Crippen molar-refractivity contribution in [3.63, 3.8) is 0 Å². The van der Waals surface area contributed by atoms with Crippen LogP contribution >= 0.6 is 11.6 Å². The molecule has 5 nitrogen and oxygen atoms in total. The van der Waals surface area contributed by atoms with Crippen molar-refractivity contribution < 1.29 is 14.6 Å². The molecule has 1 amide bonds. The normalized spacial score (nSPS) is 19.0. The van der Waals surface area contributed by atoms with Crippen LogP contribution in [-0.2, 0) is 4.79 Å². The number of benzene rings is 1. The number of anilines is 1. The predicted molar refractivity (Wildman–Crippen MR) is 87.6 cm³/mol. The van der Waals surface area contributed by atoms with Gasteiger partial charge < -0.3 is 15.2 Å². The molecule has 0 saturated carbocycles. The standard InChI is InChI=1S/C16H23ClN2O3/c1-11-6-14(15(22-2)7-13(11)17)18-16(21)9-19-5-3-4-12(8-19)10-20/h6-7,12,20H,3-5,8-10H2,1-2H3,(H,18,21). The number of hydrogen-bond donors (Lipinski definition) is 2. The zero-order valence-electron chi connectivity index (χ0n) is 13.1. The minimum atomic E-state index is -0.0846. The highest BCUT2D eigenvalue weighted by Crippen LogP contribution is 2.31. The van der Waals surface area contributed by atoms with E-state index >= 15 is 0 Å². The number of amides is 1. The van der Waals surface area contributed by atoms with E-state index < -0.39 is 0 Å². The summed E-state index contributed by atoms with van der Waals surface area (Å²) in [6, 6.07) is 3.51. The molecule has 6 heteroatoms. The lowest BCUT2D eigenvalue weighted by Crippen LogP contribution is -2.41. The summed E-state index contributed by atoms with van der Waals surface area (Å²) >= 11 is 6.06. The molecule has 1 atom stereocenters. The number of piperidine rings is 1. The number of halogens is 1. The van der Waals surface area contributed by atoms with E-state index in [9.17, 15) is 9.90 Å². The van der Waals surface area contributed by atoms with Gasteiger partial charge in [0.05, 0.1) is 19.3 Å². The molecule has 0 bridgehead atoms. The number of carbonyl (C=O) groups is 1. The molecule has 122 valence electrons. The zero-order valence-corrected chi connectivity index (χ0v) is 13.8. The summed E-state index contributed by atoms with van der Waals surface area (Å²) in [5, 5.41) is 12.7. The lowest BCUT2D eigenvalue weighted by Gasteiger charge is -2.31. The Morgan fingerprint density at radius 3 is 3.00 bits per heavy atom. The molecular weight excluding hydrogens is 304 g/mol. The van der Waals surface area contributed by atoms with Crippen LogP contribution in [0.3, 0.4) is 0 Å². The number of nitrogens with zero attached hydrogens (tertiary/aromatic N) is 1. The molecule has 1 aromatic rings.